The van der Waals surface area contributed by atoms with Gasteiger partial charge in [0.05, 0.1) is 13.5 Å². The number of carbonyl (C=O) groups is 1. The molecule has 0 spiro atoms. The molecule has 0 bridgehead atoms. The summed E-state index contributed by atoms with van der Waals surface area (Å²) in [6, 6.07) is 13.0. The average molecular weight is 370 g/mol. The SMILES string of the molecule is COc1cc(CC(=O)Nc2cccc(CCC(C)CC(C)C)c2)ccc1O. The van der Waals surface area contributed by atoms with E-state index >= 15 is 0 Å². The molecule has 0 aliphatic rings. The largest absolute Gasteiger partial charge is 0.504 e. The molecule has 0 aliphatic carbocycles. The molecular weight excluding hydrogens is 338 g/mol. The second-order valence-corrected chi connectivity index (χ2v) is 7.70. The summed E-state index contributed by atoms with van der Waals surface area (Å²) in [5.41, 5.74) is 2.86. The van der Waals surface area contributed by atoms with E-state index in [0.29, 0.717) is 11.7 Å². The van der Waals surface area contributed by atoms with Crippen molar-refractivity contribution in [2.45, 2.75) is 46.5 Å². The van der Waals surface area contributed by atoms with Crippen molar-refractivity contribution in [3.63, 3.8) is 0 Å². The van der Waals surface area contributed by atoms with E-state index in [1.54, 1.807) is 18.2 Å². The smallest absolute Gasteiger partial charge is 0.228 e. The minimum Gasteiger partial charge on any atom is -0.504 e. The van der Waals surface area contributed by atoms with Crippen molar-refractivity contribution in [3.05, 3.63) is 53.6 Å². The highest BCUT2D eigenvalue weighted by Gasteiger charge is 2.09. The number of hydrogen-bond acceptors (Lipinski definition) is 3. The number of phenols is 1. The second kappa shape index (κ2) is 10.0. The first-order chi connectivity index (χ1) is 12.9. The van der Waals surface area contributed by atoms with Crippen LogP contribution >= 0.6 is 0 Å². The summed E-state index contributed by atoms with van der Waals surface area (Å²) < 4.78 is 5.09. The molecule has 4 nitrogen and oxygen atoms in total. The number of benzene rings is 2. The van der Waals surface area contributed by atoms with Crippen molar-refractivity contribution < 1.29 is 14.6 Å². The molecule has 27 heavy (non-hydrogen) atoms. The molecule has 0 saturated heterocycles. The highest BCUT2D eigenvalue weighted by Crippen LogP contribution is 2.26. The normalized spacial score (nSPS) is 12.0. The molecule has 1 amide bonds. The van der Waals surface area contributed by atoms with Crippen molar-refractivity contribution in [2.24, 2.45) is 11.8 Å². The Hall–Kier alpha value is -2.49. The number of methoxy groups -OCH3 is 1. The first-order valence-corrected chi connectivity index (χ1v) is 9.62. The predicted octanol–water partition coefficient (Wildman–Crippen LogP) is 5.20. The van der Waals surface area contributed by atoms with Crippen LogP contribution in [0.3, 0.4) is 0 Å². The summed E-state index contributed by atoms with van der Waals surface area (Å²) in [6.07, 6.45) is 3.65. The number of amides is 1. The molecule has 0 aromatic heterocycles. The Morgan fingerprint density at radius 1 is 1.11 bits per heavy atom. The topological polar surface area (TPSA) is 58.6 Å². The van der Waals surface area contributed by atoms with Crippen LogP contribution < -0.4 is 10.1 Å². The van der Waals surface area contributed by atoms with Gasteiger partial charge in [0.1, 0.15) is 0 Å². The maximum atomic E-state index is 12.4. The highest BCUT2D eigenvalue weighted by atomic mass is 16.5. The molecule has 0 radical (unpaired) electrons. The molecule has 0 heterocycles. The molecule has 2 aromatic rings. The van der Waals surface area contributed by atoms with Gasteiger partial charge in [-0.05, 0) is 66.5 Å². The van der Waals surface area contributed by atoms with Gasteiger partial charge in [0, 0.05) is 5.69 Å². The Bertz CT molecular complexity index is 755. The Morgan fingerprint density at radius 3 is 2.59 bits per heavy atom. The number of phenolic OH excluding ortho intramolecular Hbond substituents is 1. The maximum absolute atomic E-state index is 12.4. The predicted molar refractivity (Wildman–Crippen MR) is 110 cm³/mol. The van der Waals surface area contributed by atoms with Crippen LogP contribution in [0, 0.1) is 11.8 Å². The van der Waals surface area contributed by atoms with E-state index in [0.717, 1.165) is 30.0 Å². The zero-order valence-electron chi connectivity index (χ0n) is 16.8. The quantitative estimate of drug-likeness (QED) is 0.639. The molecule has 2 aromatic carbocycles. The number of hydrogen-bond donors (Lipinski definition) is 2. The van der Waals surface area contributed by atoms with E-state index in [4.69, 9.17) is 4.74 Å². The third-order valence-electron chi connectivity index (χ3n) is 4.62. The van der Waals surface area contributed by atoms with Crippen molar-refractivity contribution in [2.75, 3.05) is 12.4 Å². The average Bonchev–Trinajstić information content (AvgIpc) is 2.61. The number of carbonyl (C=O) groups excluding carboxylic acids is 1. The van der Waals surface area contributed by atoms with Gasteiger partial charge in [-0.3, -0.25) is 4.79 Å². The lowest BCUT2D eigenvalue weighted by atomic mass is 9.93. The second-order valence-electron chi connectivity index (χ2n) is 7.70. The third-order valence-corrected chi connectivity index (χ3v) is 4.62. The van der Waals surface area contributed by atoms with Gasteiger partial charge in [-0.2, -0.15) is 0 Å². The summed E-state index contributed by atoms with van der Waals surface area (Å²) >= 11 is 0. The fourth-order valence-electron chi connectivity index (χ4n) is 3.36. The molecule has 2 N–H and O–H groups in total. The Morgan fingerprint density at radius 2 is 1.89 bits per heavy atom. The molecule has 2 rings (SSSR count). The lowest BCUT2D eigenvalue weighted by molar-refractivity contribution is -0.115. The molecule has 1 unspecified atom stereocenters. The minimum absolute atomic E-state index is 0.0704. The number of nitrogens with one attached hydrogen (secondary N) is 1. The Balaban J connectivity index is 1.92. The van der Waals surface area contributed by atoms with E-state index < -0.39 is 0 Å². The van der Waals surface area contributed by atoms with Gasteiger partial charge in [0.25, 0.3) is 0 Å². The van der Waals surface area contributed by atoms with E-state index in [1.165, 1.54) is 19.1 Å². The van der Waals surface area contributed by atoms with Gasteiger partial charge in [-0.25, -0.2) is 0 Å². The number of aryl methyl sites for hydroxylation is 1. The summed E-state index contributed by atoms with van der Waals surface area (Å²) in [7, 11) is 1.49. The highest BCUT2D eigenvalue weighted by molar-refractivity contribution is 5.92. The van der Waals surface area contributed by atoms with Crippen LogP contribution in [0.15, 0.2) is 42.5 Å². The minimum atomic E-state index is -0.0898. The zero-order valence-corrected chi connectivity index (χ0v) is 16.8. The lowest BCUT2D eigenvalue weighted by Gasteiger charge is -2.14. The number of anilines is 1. The Labute approximate surface area is 162 Å². The maximum Gasteiger partial charge on any atom is 0.228 e. The number of ether oxygens (including phenoxy) is 1. The van der Waals surface area contributed by atoms with Gasteiger partial charge in [0.15, 0.2) is 11.5 Å². The summed E-state index contributed by atoms with van der Waals surface area (Å²) in [5.74, 6) is 1.78. The van der Waals surface area contributed by atoms with E-state index in [9.17, 15) is 9.90 Å². The van der Waals surface area contributed by atoms with E-state index in [-0.39, 0.29) is 18.1 Å². The van der Waals surface area contributed by atoms with Crippen LogP contribution in [0.2, 0.25) is 0 Å². The molecule has 0 saturated carbocycles. The standard InChI is InChI=1S/C23H31NO3/c1-16(2)12-17(3)8-9-18-6-5-7-20(13-18)24-23(26)15-19-10-11-21(25)22(14-19)27-4/h5-7,10-11,13-14,16-17,25H,8-9,12,15H2,1-4H3,(H,24,26). The van der Waals surface area contributed by atoms with E-state index in [1.807, 2.05) is 12.1 Å². The van der Waals surface area contributed by atoms with Crippen molar-refractivity contribution in [3.8, 4) is 11.5 Å². The first-order valence-electron chi connectivity index (χ1n) is 9.62. The lowest BCUT2D eigenvalue weighted by Crippen LogP contribution is -2.14. The molecular formula is C23H31NO3. The monoisotopic (exact) mass is 369 g/mol. The first kappa shape index (κ1) is 20.8. The fraction of sp³-hybridized carbons (Fsp3) is 0.435. The summed E-state index contributed by atoms with van der Waals surface area (Å²) in [6.45, 7) is 6.82. The van der Waals surface area contributed by atoms with Gasteiger partial charge in [-0.15, -0.1) is 0 Å². The van der Waals surface area contributed by atoms with Gasteiger partial charge in [-0.1, -0.05) is 39.0 Å². The van der Waals surface area contributed by atoms with Crippen LogP contribution in [0.5, 0.6) is 11.5 Å². The van der Waals surface area contributed by atoms with Crippen LogP contribution in [0.4, 0.5) is 5.69 Å². The Kier molecular flexibility index (Phi) is 7.71. The van der Waals surface area contributed by atoms with Gasteiger partial charge >= 0.3 is 0 Å². The molecule has 0 aliphatic heterocycles. The van der Waals surface area contributed by atoms with Crippen molar-refractivity contribution in [1.82, 2.24) is 0 Å². The fourth-order valence-corrected chi connectivity index (χ4v) is 3.36. The van der Waals surface area contributed by atoms with Crippen molar-refractivity contribution in [1.29, 1.82) is 0 Å². The zero-order chi connectivity index (χ0) is 19.8. The number of rotatable bonds is 9. The van der Waals surface area contributed by atoms with Crippen LogP contribution in [-0.4, -0.2) is 18.1 Å². The van der Waals surface area contributed by atoms with E-state index in [2.05, 4.69) is 38.2 Å². The molecule has 146 valence electrons. The molecule has 1 atom stereocenters. The summed E-state index contributed by atoms with van der Waals surface area (Å²) in [5, 5.41) is 12.6. The van der Waals surface area contributed by atoms with Crippen molar-refractivity contribution >= 4 is 11.6 Å². The molecule has 4 heteroatoms. The van der Waals surface area contributed by atoms with Gasteiger partial charge in [0.2, 0.25) is 5.91 Å². The van der Waals surface area contributed by atoms with Crippen LogP contribution in [-0.2, 0) is 17.6 Å². The number of aromatic hydroxyl groups is 1. The van der Waals surface area contributed by atoms with Gasteiger partial charge < -0.3 is 15.2 Å². The summed E-state index contributed by atoms with van der Waals surface area (Å²) in [4.78, 5) is 12.4. The third kappa shape index (κ3) is 6.97. The molecule has 0 fully saturated rings. The van der Waals surface area contributed by atoms with Crippen LogP contribution in [0.25, 0.3) is 0 Å². The van der Waals surface area contributed by atoms with Crippen LogP contribution in [0.1, 0.15) is 44.7 Å².